The molecule has 35 heavy (non-hydrogen) atoms. The standard InChI is InChI=1S/C26H17ClN6OS/c27-20-14-28-7-5-15(20)10-22(34)24-11-16-1-2-17(12-23(16)35-24)26-29-8-6-25(32-26)31-19-3-4-21-18(9-19)13-30-33-21/h1-9,11-14H,10H2,(H,30,33)(H,29,31,32). The highest BCUT2D eigenvalue weighted by Crippen LogP contribution is 2.31. The van der Waals surface area contributed by atoms with Gasteiger partial charge in [0.15, 0.2) is 11.6 Å². The number of thiophene rings is 1. The quantitative estimate of drug-likeness (QED) is 0.257. The molecule has 2 N–H and O–H groups in total. The van der Waals surface area contributed by atoms with Crippen LogP contribution in [-0.2, 0) is 6.42 Å². The molecule has 170 valence electrons. The number of carbonyl (C=O) groups excluding carboxylic acids is 1. The van der Waals surface area contributed by atoms with Crippen LogP contribution in [-0.4, -0.2) is 30.9 Å². The summed E-state index contributed by atoms with van der Waals surface area (Å²) in [6.07, 6.45) is 6.95. The van der Waals surface area contributed by atoms with Crippen molar-refractivity contribution < 1.29 is 4.79 Å². The molecule has 0 radical (unpaired) electrons. The number of pyridine rings is 1. The van der Waals surface area contributed by atoms with Crippen molar-refractivity contribution in [2.24, 2.45) is 0 Å². The largest absolute Gasteiger partial charge is 0.340 e. The summed E-state index contributed by atoms with van der Waals surface area (Å²) in [6, 6.07) is 17.5. The van der Waals surface area contributed by atoms with Crippen LogP contribution in [0.5, 0.6) is 0 Å². The molecule has 0 aliphatic rings. The van der Waals surface area contributed by atoms with E-state index in [1.165, 1.54) is 11.3 Å². The van der Waals surface area contributed by atoms with Crippen molar-refractivity contribution in [2.45, 2.75) is 6.42 Å². The minimum Gasteiger partial charge on any atom is -0.340 e. The van der Waals surface area contributed by atoms with Gasteiger partial charge in [0.25, 0.3) is 0 Å². The first-order valence-corrected chi connectivity index (χ1v) is 12.0. The van der Waals surface area contributed by atoms with E-state index in [4.69, 9.17) is 16.6 Å². The molecule has 0 saturated heterocycles. The van der Waals surface area contributed by atoms with E-state index < -0.39 is 0 Å². The SMILES string of the molecule is O=C(Cc1ccncc1Cl)c1cc2ccc(-c3nccc(Nc4ccc5[nH]ncc5c4)n3)cc2s1. The lowest BCUT2D eigenvalue weighted by Gasteiger charge is -2.07. The summed E-state index contributed by atoms with van der Waals surface area (Å²) < 4.78 is 0.999. The summed E-state index contributed by atoms with van der Waals surface area (Å²) in [6.45, 7) is 0. The van der Waals surface area contributed by atoms with Crippen molar-refractivity contribution in [2.75, 3.05) is 5.32 Å². The molecule has 0 unspecified atom stereocenters. The number of aromatic amines is 1. The molecule has 6 rings (SSSR count). The second-order valence-corrected chi connectivity index (χ2v) is 9.48. The highest BCUT2D eigenvalue weighted by molar-refractivity contribution is 7.20. The summed E-state index contributed by atoms with van der Waals surface area (Å²) in [4.78, 5) is 26.7. The Hall–Kier alpha value is -4.14. The fourth-order valence-electron chi connectivity index (χ4n) is 3.85. The smallest absolute Gasteiger partial charge is 0.177 e. The summed E-state index contributed by atoms with van der Waals surface area (Å²) in [7, 11) is 0. The number of benzene rings is 2. The lowest BCUT2D eigenvalue weighted by Crippen LogP contribution is -2.01. The van der Waals surface area contributed by atoms with Gasteiger partial charge in [-0.15, -0.1) is 11.3 Å². The van der Waals surface area contributed by atoms with Crippen molar-refractivity contribution in [1.82, 2.24) is 25.1 Å². The van der Waals surface area contributed by atoms with Gasteiger partial charge in [-0.3, -0.25) is 14.9 Å². The zero-order valence-corrected chi connectivity index (χ0v) is 19.8. The van der Waals surface area contributed by atoms with Crippen LogP contribution < -0.4 is 5.32 Å². The molecule has 0 aliphatic carbocycles. The number of halogens is 1. The van der Waals surface area contributed by atoms with Crippen LogP contribution >= 0.6 is 22.9 Å². The fourth-order valence-corrected chi connectivity index (χ4v) is 5.08. The first-order chi connectivity index (χ1) is 17.1. The summed E-state index contributed by atoms with van der Waals surface area (Å²) in [5.74, 6) is 1.32. The van der Waals surface area contributed by atoms with Gasteiger partial charge in [-0.2, -0.15) is 5.10 Å². The summed E-state index contributed by atoms with van der Waals surface area (Å²) in [5, 5.41) is 12.9. The average molecular weight is 497 g/mol. The number of aromatic nitrogens is 5. The number of H-pyrrole nitrogens is 1. The molecule has 7 nitrogen and oxygen atoms in total. The van der Waals surface area contributed by atoms with Gasteiger partial charge in [0, 0.05) is 46.3 Å². The fraction of sp³-hybridized carbons (Fsp3) is 0.0385. The van der Waals surface area contributed by atoms with Gasteiger partial charge in [-0.25, -0.2) is 9.97 Å². The van der Waals surface area contributed by atoms with Gasteiger partial charge < -0.3 is 5.32 Å². The second-order valence-electron chi connectivity index (χ2n) is 7.99. The second kappa shape index (κ2) is 8.90. The minimum atomic E-state index is 0.0258. The molecular formula is C26H17ClN6OS. The lowest BCUT2D eigenvalue weighted by molar-refractivity contribution is 0.0997. The average Bonchev–Trinajstić information content (AvgIpc) is 3.52. The van der Waals surface area contributed by atoms with Crippen LogP contribution in [0.15, 0.2) is 79.4 Å². The molecule has 4 heterocycles. The number of Topliss-reactive ketones (excluding diaryl/α,β-unsaturated/α-hetero) is 1. The zero-order valence-electron chi connectivity index (χ0n) is 18.2. The van der Waals surface area contributed by atoms with E-state index in [1.54, 1.807) is 30.9 Å². The van der Waals surface area contributed by atoms with Crippen LogP contribution in [0.2, 0.25) is 5.02 Å². The van der Waals surface area contributed by atoms with E-state index in [-0.39, 0.29) is 12.2 Å². The minimum absolute atomic E-state index is 0.0258. The summed E-state index contributed by atoms with van der Waals surface area (Å²) in [5.41, 5.74) is 3.54. The van der Waals surface area contributed by atoms with E-state index in [9.17, 15) is 4.79 Å². The first kappa shape index (κ1) is 21.4. The molecule has 4 aromatic heterocycles. The maximum Gasteiger partial charge on any atom is 0.177 e. The van der Waals surface area contributed by atoms with Crippen molar-refractivity contribution in [3.63, 3.8) is 0 Å². The van der Waals surface area contributed by atoms with Gasteiger partial charge in [0.2, 0.25) is 0 Å². The number of nitrogens with one attached hydrogen (secondary N) is 2. The predicted octanol–water partition coefficient (Wildman–Crippen LogP) is 6.45. The van der Waals surface area contributed by atoms with Gasteiger partial charge in [0.1, 0.15) is 5.82 Å². The third-order valence-corrected chi connectivity index (χ3v) is 7.11. The number of ketones is 1. The zero-order chi connectivity index (χ0) is 23.8. The van der Waals surface area contributed by atoms with Crippen molar-refractivity contribution in [1.29, 1.82) is 0 Å². The normalized spacial score (nSPS) is 11.2. The maximum absolute atomic E-state index is 12.9. The van der Waals surface area contributed by atoms with Crippen LogP contribution in [0.1, 0.15) is 15.2 Å². The molecule has 0 aliphatic heterocycles. The van der Waals surface area contributed by atoms with E-state index in [0.717, 1.165) is 37.8 Å². The highest BCUT2D eigenvalue weighted by atomic mass is 35.5. The molecule has 0 amide bonds. The highest BCUT2D eigenvalue weighted by Gasteiger charge is 2.14. The number of nitrogens with zero attached hydrogens (tertiary/aromatic N) is 4. The van der Waals surface area contributed by atoms with Crippen LogP contribution in [0.25, 0.3) is 32.4 Å². The topological polar surface area (TPSA) is 96.5 Å². The van der Waals surface area contributed by atoms with Gasteiger partial charge in [-0.1, -0.05) is 23.7 Å². The molecular weight excluding hydrogens is 480 g/mol. The molecule has 0 atom stereocenters. The molecule has 6 aromatic rings. The molecule has 0 saturated carbocycles. The molecule has 9 heteroatoms. The Morgan fingerprint density at radius 1 is 1.00 bits per heavy atom. The maximum atomic E-state index is 12.9. The lowest BCUT2D eigenvalue weighted by atomic mass is 10.1. The van der Waals surface area contributed by atoms with E-state index in [2.05, 4.69) is 25.5 Å². The number of rotatable bonds is 6. The van der Waals surface area contributed by atoms with Crippen LogP contribution in [0, 0.1) is 0 Å². The van der Waals surface area contributed by atoms with Gasteiger partial charge in [-0.05, 0) is 53.4 Å². The van der Waals surface area contributed by atoms with Crippen LogP contribution in [0.3, 0.4) is 0 Å². The Balaban J connectivity index is 1.25. The van der Waals surface area contributed by atoms with E-state index >= 15 is 0 Å². The van der Waals surface area contributed by atoms with Crippen molar-refractivity contribution in [3.05, 3.63) is 94.8 Å². The third-order valence-electron chi connectivity index (χ3n) is 5.63. The molecule has 0 spiro atoms. The summed E-state index contributed by atoms with van der Waals surface area (Å²) >= 11 is 7.63. The molecule has 0 bridgehead atoms. The van der Waals surface area contributed by atoms with E-state index in [1.807, 2.05) is 48.5 Å². The Morgan fingerprint density at radius 2 is 1.94 bits per heavy atom. The Kier molecular flexibility index (Phi) is 5.44. The Morgan fingerprint density at radius 3 is 2.86 bits per heavy atom. The van der Waals surface area contributed by atoms with Gasteiger partial charge in [0.05, 0.1) is 21.6 Å². The Labute approximate surface area is 208 Å². The Bertz CT molecular complexity index is 1710. The van der Waals surface area contributed by atoms with Crippen molar-refractivity contribution >= 4 is 61.2 Å². The number of carbonyl (C=O) groups is 1. The predicted molar refractivity (Wildman–Crippen MR) is 140 cm³/mol. The third kappa shape index (κ3) is 4.37. The van der Waals surface area contributed by atoms with Crippen molar-refractivity contribution in [3.8, 4) is 11.4 Å². The number of anilines is 2. The first-order valence-electron chi connectivity index (χ1n) is 10.8. The molecule has 2 aromatic carbocycles. The number of hydrogen-bond acceptors (Lipinski definition) is 7. The van der Waals surface area contributed by atoms with Gasteiger partial charge >= 0.3 is 0 Å². The van der Waals surface area contributed by atoms with E-state index in [0.29, 0.717) is 21.5 Å². The number of fused-ring (bicyclic) bond motifs is 2. The van der Waals surface area contributed by atoms with Crippen LogP contribution in [0.4, 0.5) is 11.5 Å². The molecule has 0 fully saturated rings. The number of hydrogen-bond donors (Lipinski definition) is 2. The monoisotopic (exact) mass is 496 g/mol.